The normalized spacial score (nSPS) is 32.8. The molecule has 1 aromatic carbocycles. The van der Waals surface area contributed by atoms with Crippen molar-refractivity contribution in [2.45, 2.75) is 25.2 Å². The molecule has 3 nitrogen and oxygen atoms in total. The van der Waals surface area contributed by atoms with Gasteiger partial charge in [-0.25, -0.2) is 0 Å². The maximum Gasteiger partial charge on any atom is 0.586 e. The van der Waals surface area contributed by atoms with Crippen LogP contribution in [0.5, 0.6) is 11.5 Å². The Bertz CT molecular complexity index is 558. The van der Waals surface area contributed by atoms with Crippen molar-refractivity contribution in [3.05, 3.63) is 30.4 Å². The number of benzene rings is 1. The number of anilines is 1. The zero-order valence-electron chi connectivity index (χ0n) is 10.1. The number of allylic oxidation sites excluding steroid dienone is 1. The van der Waals surface area contributed by atoms with Crippen LogP contribution < -0.4 is 14.8 Å². The molecular weight excluding hydrogens is 252 g/mol. The number of ether oxygens (including phenoxy) is 2. The average Bonchev–Trinajstić information content (AvgIpc) is 2.83. The topological polar surface area (TPSA) is 30.5 Å². The van der Waals surface area contributed by atoms with Crippen LogP contribution in [0.2, 0.25) is 0 Å². The molecule has 1 fully saturated rings. The zero-order valence-corrected chi connectivity index (χ0v) is 10.1. The number of hydrogen-bond acceptors (Lipinski definition) is 3. The van der Waals surface area contributed by atoms with Gasteiger partial charge in [0.1, 0.15) is 0 Å². The van der Waals surface area contributed by atoms with Crippen LogP contribution in [-0.4, -0.2) is 12.3 Å². The van der Waals surface area contributed by atoms with Crippen LogP contribution in [0.15, 0.2) is 30.4 Å². The molecule has 0 amide bonds. The van der Waals surface area contributed by atoms with Gasteiger partial charge in [0, 0.05) is 23.7 Å². The largest absolute Gasteiger partial charge is 0.586 e. The summed E-state index contributed by atoms with van der Waals surface area (Å²) in [6, 6.07) is 5.22. The highest BCUT2D eigenvalue weighted by atomic mass is 19.3. The SMILES string of the molecule is FC1(F)Oc2ccc(NC3CC4CC=CC43)cc2O1. The number of fused-ring (bicyclic) bond motifs is 2. The van der Waals surface area contributed by atoms with Gasteiger partial charge in [0.2, 0.25) is 0 Å². The smallest absolute Gasteiger partial charge is 0.395 e. The molecule has 1 aromatic rings. The molecule has 100 valence electrons. The van der Waals surface area contributed by atoms with Crippen LogP contribution in [-0.2, 0) is 0 Å². The molecule has 2 aliphatic carbocycles. The molecule has 1 aliphatic heterocycles. The minimum Gasteiger partial charge on any atom is -0.395 e. The van der Waals surface area contributed by atoms with Gasteiger partial charge in [-0.3, -0.25) is 0 Å². The Morgan fingerprint density at radius 1 is 1.21 bits per heavy atom. The Kier molecular flexibility index (Phi) is 2.11. The number of alkyl halides is 2. The highest BCUT2D eigenvalue weighted by molar-refractivity contribution is 5.56. The lowest BCUT2D eigenvalue weighted by atomic mass is 9.71. The van der Waals surface area contributed by atoms with E-state index in [0.717, 1.165) is 24.4 Å². The van der Waals surface area contributed by atoms with E-state index in [-0.39, 0.29) is 11.5 Å². The van der Waals surface area contributed by atoms with E-state index >= 15 is 0 Å². The zero-order chi connectivity index (χ0) is 13.0. The van der Waals surface area contributed by atoms with E-state index in [2.05, 4.69) is 26.9 Å². The highest BCUT2D eigenvalue weighted by Gasteiger charge is 2.44. The molecule has 4 rings (SSSR count). The van der Waals surface area contributed by atoms with Gasteiger partial charge in [-0.1, -0.05) is 12.2 Å². The Balaban J connectivity index is 1.50. The molecule has 1 saturated carbocycles. The van der Waals surface area contributed by atoms with Crippen LogP contribution >= 0.6 is 0 Å². The first kappa shape index (κ1) is 11.1. The fraction of sp³-hybridized carbons (Fsp3) is 0.429. The molecule has 0 spiro atoms. The summed E-state index contributed by atoms with van der Waals surface area (Å²) in [6.45, 7) is 0. The van der Waals surface area contributed by atoms with Crippen molar-refractivity contribution < 1.29 is 18.3 Å². The number of rotatable bonds is 2. The number of halogens is 2. The third-order valence-corrected chi connectivity index (χ3v) is 4.12. The minimum atomic E-state index is -3.54. The van der Waals surface area contributed by atoms with Gasteiger partial charge in [-0.05, 0) is 30.9 Å². The van der Waals surface area contributed by atoms with Crippen LogP contribution in [0.1, 0.15) is 12.8 Å². The predicted octanol–water partition coefficient (Wildman–Crippen LogP) is 3.38. The van der Waals surface area contributed by atoms with Crippen molar-refractivity contribution in [3.63, 3.8) is 0 Å². The summed E-state index contributed by atoms with van der Waals surface area (Å²) < 4.78 is 34.6. The van der Waals surface area contributed by atoms with Gasteiger partial charge in [0.25, 0.3) is 0 Å². The predicted molar refractivity (Wildman–Crippen MR) is 65.4 cm³/mol. The molecule has 1 N–H and O–H groups in total. The second kappa shape index (κ2) is 3.62. The fourth-order valence-corrected chi connectivity index (χ4v) is 3.14. The second-order valence-electron chi connectivity index (χ2n) is 5.32. The Morgan fingerprint density at radius 2 is 2.05 bits per heavy atom. The summed E-state index contributed by atoms with van der Waals surface area (Å²) in [5.41, 5.74) is 0.795. The van der Waals surface area contributed by atoms with Crippen LogP contribution in [0.25, 0.3) is 0 Å². The summed E-state index contributed by atoms with van der Waals surface area (Å²) in [6.07, 6.45) is 3.21. The van der Waals surface area contributed by atoms with Crippen LogP contribution in [0.3, 0.4) is 0 Å². The van der Waals surface area contributed by atoms with E-state index in [4.69, 9.17) is 0 Å². The van der Waals surface area contributed by atoms with Crippen LogP contribution in [0, 0.1) is 11.8 Å². The summed E-state index contributed by atoms with van der Waals surface area (Å²) in [7, 11) is 0. The lowest BCUT2D eigenvalue weighted by Gasteiger charge is -2.41. The van der Waals surface area contributed by atoms with Gasteiger partial charge in [0.05, 0.1) is 0 Å². The highest BCUT2D eigenvalue weighted by Crippen LogP contribution is 2.46. The summed E-state index contributed by atoms with van der Waals surface area (Å²) in [4.78, 5) is 0. The van der Waals surface area contributed by atoms with Gasteiger partial charge < -0.3 is 14.8 Å². The molecule has 19 heavy (non-hydrogen) atoms. The molecule has 5 heteroatoms. The van der Waals surface area contributed by atoms with Crippen molar-refractivity contribution in [2.24, 2.45) is 11.8 Å². The second-order valence-corrected chi connectivity index (χ2v) is 5.32. The van der Waals surface area contributed by atoms with E-state index in [1.54, 1.807) is 12.1 Å². The Hall–Kier alpha value is -1.78. The molecule has 1 heterocycles. The van der Waals surface area contributed by atoms with E-state index in [9.17, 15) is 8.78 Å². The molecule has 0 radical (unpaired) electrons. The molecule has 3 aliphatic rings. The lowest BCUT2D eigenvalue weighted by molar-refractivity contribution is -0.286. The maximum absolute atomic E-state index is 12.9. The van der Waals surface area contributed by atoms with Crippen molar-refractivity contribution in [3.8, 4) is 11.5 Å². The van der Waals surface area contributed by atoms with Crippen molar-refractivity contribution in [1.82, 2.24) is 0 Å². The Labute approximate surface area is 109 Å². The average molecular weight is 265 g/mol. The van der Waals surface area contributed by atoms with Gasteiger partial charge >= 0.3 is 6.29 Å². The maximum atomic E-state index is 12.9. The Morgan fingerprint density at radius 3 is 2.89 bits per heavy atom. The lowest BCUT2D eigenvalue weighted by Crippen LogP contribution is -2.43. The number of nitrogens with one attached hydrogen (secondary N) is 1. The molecule has 3 atom stereocenters. The van der Waals surface area contributed by atoms with Gasteiger partial charge in [-0.2, -0.15) is 0 Å². The molecule has 0 saturated heterocycles. The minimum absolute atomic E-state index is 0.0859. The first-order chi connectivity index (χ1) is 9.11. The summed E-state index contributed by atoms with van der Waals surface area (Å²) in [5, 5.41) is 3.38. The van der Waals surface area contributed by atoms with Crippen molar-refractivity contribution in [1.29, 1.82) is 0 Å². The van der Waals surface area contributed by atoms with Crippen molar-refractivity contribution >= 4 is 5.69 Å². The fourth-order valence-electron chi connectivity index (χ4n) is 3.14. The first-order valence-electron chi connectivity index (χ1n) is 6.44. The standard InChI is InChI=1S/C14H13F2NO2/c15-14(16)18-12-5-4-9(7-13(12)19-14)17-11-6-8-2-1-3-10(8)11/h1,3-5,7-8,10-11,17H,2,6H2. The summed E-state index contributed by atoms with van der Waals surface area (Å²) in [5.74, 6) is 1.51. The van der Waals surface area contributed by atoms with Gasteiger partial charge in [-0.15, -0.1) is 8.78 Å². The molecule has 3 unspecified atom stereocenters. The van der Waals surface area contributed by atoms with E-state index in [1.807, 2.05) is 0 Å². The van der Waals surface area contributed by atoms with E-state index < -0.39 is 6.29 Å². The quantitative estimate of drug-likeness (QED) is 0.831. The third kappa shape index (κ3) is 1.76. The van der Waals surface area contributed by atoms with Crippen LogP contribution in [0.4, 0.5) is 14.5 Å². The third-order valence-electron chi connectivity index (χ3n) is 4.12. The van der Waals surface area contributed by atoms with E-state index in [0.29, 0.717) is 12.0 Å². The van der Waals surface area contributed by atoms with Crippen molar-refractivity contribution in [2.75, 3.05) is 5.32 Å². The monoisotopic (exact) mass is 265 g/mol. The molecule has 0 aromatic heterocycles. The van der Waals surface area contributed by atoms with E-state index in [1.165, 1.54) is 6.07 Å². The van der Waals surface area contributed by atoms with Gasteiger partial charge in [0.15, 0.2) is 11.5 Å². The first-order valence-corrected chi connectivity index (χ1v) is 6.44. The summed E-state index contributed by atoms with van der Waals surface area (Å²) >= 11 is 0. The molecule has 0 bridgehead atoms. The number of hydrogen-bond donors (Lipinski definition) is 1. The molecular formula is C14H13F2NO2.